The van der Waals surface area contributed by atoms with Crippen LogP contribution in [-0.4, -0.2) is 51.5 Å². The van der Waals surface area contributed by atoms with Crippen LogP contribution in [0.5, 0.6) is 0 Å². The third kappa shape index (κ3) is 3.61. The quantitative estimate of drug-likeness (QED) is 0.836. The molecule has 0 unspecified atom stereocenters. The lowest BCUT2D eigenvalue weighted by Gasteiger charge is -2.35. The second-order valence-corrected chi connectivity index (χ2v) is 7.00. The number of amides is 1. The molecule has 0 saturated carbocycles. The zero-order valence-corrected chi connectivity index (χ0v) is 15.8. The summed E-state index contributed by atoms with van der Waals surface area (Å²) in [6, 6.07) is 5.30. The van der Waals surface area contributed by atoms with Gasteiger partial charge in [0, 0.05) is 57.1 Å². The van der Waals surface area contributed by atoms with Crippen molar-refractivity contribution in [2.45, 2.75) is 26.7 Å². The molecule has 0 bridgehead atoms. The zero-order chi connectivity index (χ0) is 18.8. The number of piperazine rings is 1. The van der Waals surface area contributed by atoms with Crippen LogP contribution in [0, 0.1) is 6.92 Å². The molecule has 1 fully saturated rings. The van der Waals surface area contributed by atoms with Crippen molar-refractivity contribution < 1.29 is 4.79 Å². The SMILES string of the molecule is Cc1cc(N2CCN(C(=O)c3cccn(C)c3=O)CC2)nc(C(C)C)n1. The first-order valence-electron chi connectivity index (χ1n) is 8.92. The molecule has 3 rings (SSSR count). The van der Waals surface area contributed by atoms with Gasteiger partial charge in [0.1, 0.15) is 17.2 Å². The molecule has 0 N–H and O–H groups in total. The molecular weight excluding hydrogens is 330 g/mol. The van der Waals surface area contributed by atoms with Crippen molar-refractivity contribution in [2.24, 2.45) is 7.05 Å². The highest BCUT2D eigenvalue weighted by atomic mass is 16.2. The van der Waals surface area contributed by atoms with Crippen LogP contribution in [0.15, 0.2) is 29.2 Å². The van der Waals surface area contributed by atoms with E-state index in [1.807, 2.05) is 13.0 Å². The standard InChI is InChI=1S/C19H25N5O2/c1-13(2)17-20-14(3)12-16(21-17)23-8-10-24(11-9-23)19(26)15-6-5-7-22(4)18(15)25/h5-7,12-13H,8-11H2,1-4H3. The number of nitrogens with zero attached hydrogens (tertiary/aromatic N) is 5. The molecule has 1 amide bonds. The Morgan fingerprint density at radius 2 is 1.85 bits per heavy atom. The first-order chi connectivity index (χ1) is 12.4. The smallest absolute Gasteiger partial charge is 0.263 e. The molecule has 0 aliphatic carbocycles. The number of rotatable bonds is 3. The van der Waals surface area contributed by atoms with Gasteiger partial charge in [0.15, 0.2) is 0 Å². The maximum Gasteiger partial charge on any atom is 0.263 e. The molecule has 3 heterocycles. The molecule has 0 spiro atoms. The van der Waals surface area contributed by atoms with Gasteiger partial charge in [-0.3, -0.25) is 9.59 Å². The van der Waals surface area contributed by atoms with E-state index >= 15 is 0 Å². The first-order valence-corrected chi connectivity index (χ1v) is 8.92. The van der Waals surface area contributed by atoms with Crippen molar-refractivity contribution in [3.8, 4) is 0 Å². The van der Waals surface area contributed by atoms with E-state index in [4.69, 9.17) is 0 Å². The van der Waals surface area contributed by atoms with E-state index in [2.05, 4.69) is 28.7 Å². The summed E-state index contributed by atoms with van der Waals surface area (Å²) in [5.41, 5.74) is 0.918. The van der Waals surface area contributed by atoms with Gasteiger partial charge in [0.25, 0.3) is 11.5 Å². The Hall–Kier alpha value is -2.70. The molecule has 0 aromatic carbocycles. The lowest BCUT2D eigenvalue weighted by atomic mass is 10.2. The molecule has 26 heavy (non-hydrogen) atoms. The van der Waals surface area contributed by atoms with Gasteiger partial charge in [0.2, 0.25) is 0 Å². The number of aryl methyl sites for hydroxylation is 2. The normalized spacial score (nSPS) is 14.8. The minimum Gasteiger partial charge on any atom is -0.353 e. The topological polar surface area (TPSA) is 71.3 Å². The predicted octanol–water partition coefficient (Wildman–Crippen LogP) is 1.57. The maximum absolute atomic E-state index is 12.7. The van der Waals surface area contributed by atoms with E-state index in [9.17, 15) is 9.59 Å². The number of carbonyl (C=O) groups excluding carboxylic acids is 1. The lowest BCUT2D eigenvalue weighted by Crippen LogP contribution is -2.50. The van der Waals surface area contributed by atoms with Crippen LogP contribution in [0.25, 0.3) is 0 Å². The summed E-state index contributed by atoms with van der Waals surface area (Å²) < 4.78 is 1.43. The summed E-state index contributed by atoms with van der Waals surface area (Å²) in [5.74, 6) is 1.81. The molecule has 1 saturated heterocycles. The van der Waals surface area contributed by atoms with Gasteiger partial charge in [0.05, 0.1) is 0 Å². The second kappa shape index (κ2) is 7.27. The summed E-state index contributed by atoms with van der Waals surface area (Å²) in [5, 5.41) is 0. The van der Waals surface area contributed by atoms with E-state index in [-0.39, 0.29) is 22.9 Å². The fourth-order valence-corrected chi connectivity index (χ4v) is 3.06. The lowest BCUT2D eigenvalue weighted by molar-refractivity contribution is 0.0744. The van der Waals surface area contributed by atoms with Crippen LogP contribution in [-0.2, 0) is 7.05 Å². The average Bonchev–Trinajstić information content (AvgIpc) is 2.63. The minimum absolute atomic E-state index is 0.201. The first kappa shape index (κ1) is 18.1. The number of pyridine rings is 1. The van der Waals surface area contributed by atoms with Crippen molar-refractivity contribution in [2.75, 3.05) is 31.1 Å². The molecular formula is C19H25N5O2. The molecule has 1 aliphatic rings. The van der Waals surface area contributed by atoms with Crippen LogP contribution in [0.2, 0.25) is 0 Å². The van der Waals surface area contributed by atoms with Gasteiger partial charge in [-0.15, -0.1) is 0 Å². The fourth-order valence-electron chi connectivity index (χ4n) is 3.06. The molecule has 7 heteroatoms. The van der Waals surface area contributed by atoms with Crippen LogP contribution < -0.4 is 10.5 Å². The Morgan fingerprint density at radius 1 is 1.15 bits per heavy atom. The Kier molecular flexibility index (Phi) is 5.06. The molecule has 1 aliphatic heterocycles. The van der Waals surface area contributed by atoms with Crippen LogP contribution in [0.3, 0.4) is 0 Å². The monoisotopic (exact) mass is 355 g/mol. The largest absolute Gasteiger partial charge is 0.353 e. The minimum atomic E-state index is -0.257. The number of aromatic nitrogens is 3. The highest BCUT2D eigenvalue weighted by molar-refractivity contribution is 5.94. The van der Waals surface area contributed by atoms with Crippen molar-refractivity contribution in [1.29, 1.82) is 0 Å². The van der Waals surface area contributed by atoms with Gasteiger partial charge >= 0.3 is 0 Å². The summed E-state index contributed by atoms with van der Waals surface area (Å²) in [6.45, 7) is 8.64. The Morgan fingerprint density at radius 3 is 2.50 bits per heavy atom. The molecule has 2 aromatic heterocycles. The average molecular weight is 355 g/mol. The molecule has 2 aromatic rings. The molecule has 7 nitrogen and oxygen atoms in total. The van der Waals surface area contributed by atoms with Crippen LogP contribution in [0.1, 0.15) is 41.6 Å². The summed E-state index contributed by atoms with van der Waals surface area (Å²) in [4.78, 5) is 37.9. The van der Waals surface area contributed by atoms with Gasteiger partial charge in [-0.1, -0.05) is 13.8 Å². The van der Waals surface area contributed by atoms with Crippen LogP contribution >= 0.6 is 0 Å². The van der Waals surface area contributed by atoms with Crippen molar-refractivity contribution >= 4 is 11.7 Å². The van der Waals surface area contributed by atoms with E-state index in [1.165, 1.54) is 4.57 Å². The van der Waals surface area contributed by atoms with E-state index in [0.29, 0.717) is 26.2 Å². The summed E-state index contributed by atoms with van der Waals surface area (Å²) in [7, 11) is 1.65. The third-order valence-corrected chi connectivity index (χ3v) is 4.62. The van der Waals surface area contributed by atoms with E-state index in [0.717, 1.165) is 17.3 Å². The number of anilines is 1. The van der Waals surface area contributed by atoms with Gasteiger partial charge in [-0.25, -0.2) is 9.97 Å². The second-order valence-electron chi connectivity index (χ2n) is 7.00. The van der Waals surface area contributed by atoms with Gasteiger partial charge in [-0.05, 0) is 19.1 Å². The van der Waals surface area contributed by atoms with Crippen molar-refractivity contribution in [3.05, 3.63) is 51.8 Å². The summed E-state index contributed by atoms with van der Waals surface area (Å²) in [6.07, 6.45) is 1.65. The Bertz CT molecular complexity index is 866. The number of hydrogen-bond acceptors (Lipinski definition) is 5. The third-order valence-electron chi connectivity index (χ3n) is 4.62. The Balaban J connectivity index is 1.72. The number of carbonyl (C=O) groups is 1. The molecule has 0 atom stereocenters. The van der Waals surface area contributed by atoms with Crippen LogP contribution in [0.4, 0.5) is 5.82 Å². The number of hydrogen-bond donors (Lipinski definition) is 0. The Labute approximate surface area is 153 Å². The molecule has 0 radical (unpaired) electrons. The van der Waals surface area contributed by atoms with Crippen molar-refractivity contribution in [1.82, 2.24) is 19.4 Å². The highest BCUT2D eigenvalue weighted by Crippen LogP contribution is 2.19. The maximum atomic E-state index is 12.7. The fraction of sp³-hybridized carbons (Fsp3) is 0.474. The zero-order valence-electron chi connectivity index (χ0n) is 15.8. The molecule has 138 valence electrons. The van der Waals surface area contributed by atoms with Gasteiger partial charge in [-0.2, -0.15) is 0 Å². The van der Waals surface area contributed by atoms with E-state index in [1.54, 1.807) is 30.3 Å². The summed E-state index contributed by atoms with van der Waals surface area (Å²) >= 11 is 0. The van der Waals surface area contributed by atoms with Gasteiger partial charge < -0.3 is 14.4 Å². The van der Waals surface area contributed by atoms with Crippen molar-refractivity contribution in [3.63, 3.8) is 0 Å². The highest BCUT2D eigenvalue weighted by Gasteiger charge is 2.25. The van der Waals surface area contributed by atoms with E-state index < -0.39 is 0 Å². The predicted molar refractivity (Wildman–Crippen MR) is 101 cm³/mol.